The first-order valence-electron chi connectivity index (χ1n) is 15.6. The summed E-state index contributed by atoms with van der Waals surface area (Å²) < 4.78 is 4.54. The number of benzene rings is 3. The molecule has 3 aliphatic heterocycles. The fourth-order valence-electron chi connectivity index (χ4n) is 6.64. The topological polar surface area (TPSA) is 286 Å². The largest absolute Gasteiger partial charge is 1.00 e. The maximum atomic E-state index is 12.0. The molecule has 7 N–H and O–H groups in total. The summed E-state index contributed by atoms with van der Waals surface area (Å²) in [5, 5.41) is 33.7. The van der Waals surface area contributed by atoms with E-state index in [2.05, 4.69) is 25.3 Å². The zero-order chi connectivity index (χ0) is 35.3. The molecule has 0 saturated carbocycles. The molecule has 0 saturated heterocycles. The van der Waals surface area contributed by atoms with E-state index in [1.807, 2.05) is 0 Å². The van der Waals surface area contributed by atoms with Gasteiger partial charge >= 0.3 is 160 Å². The van der Waals surface area contributed by atoms with Crippen molar-refractivity contribution < 1.29 is 185 Å². The second-order valence-corrected chi connectivity index (χ2v) is 11.9. The minimum Gasteiger partial charge on any atom is -0.870 e. The Morgan fingerprint density at radius 1 is 0.685 bits per heavy atom. The summed E-state index contributed by atoms with van der Waals surface area (Å²) in [6.07, 6.45) is 0.332. The molecule has 0 fully saturated rings. The number of para-hydroxylation sites is 3. The second-order valence-electron chi connectivity index (χ2n) is 11.9. The summed E-state index contributed by atoms with van der Waals surface area (Å²) in [6, 6.07) is 15.1. The molecule has 3 aromatic carbocycles. The normalized spacial score (nSPS) is 18.4. The number of aliphatic hydroxyl groups excluding tert-OH is 1. The number of hydrogen-bond acceptors (Lipinski definition) is 12. The van der Waals surface area contributed by atoms with E-state index in [0.717, 1.165) is 5.52 Å². The van der Waals surface area contributed by atoms with Crippen molar-refractivity contribution in [3.8, 4) is 0 Å². The minimum absolute atomic E-state index is 0. The number of nitrogens with one attached hydrogen (secondary N) is 1. The van der Waals surface area contributed by atoms with E-state index in [9.17, 15) is 29.1 Å². The van der Waals surface area contributed by atoms with Gasteiger partial charge in [-0.05, 0) is 65.7 Å². The first-order valence-corrected chi connectivity index (χ1v) is 15.6. The number of aliphatic hydroxyl groups is 1. The molecule has 54 heavy (non-hydrogen) atoms. The number of nitrogens with zero attached hydrogens (tertiary/aromatic N) is 7. The van der Waals surface area contributed by atoms with Crippen LogP contribution in [0.2, 0.25) is 0 Å². The quantitative estimate of drug-likeness (QED) is 0.0543. The number of carbonyl (C=O) groups excluding carboxylic acids is 2. The smallest absolute Gasteiger partial charge is 0.870 e. The Morgan fingerprint density at radius 3 is 1.78 bits per heavy atom. The third kappa shape index (κ3) is 8.68. The molecule has 6 aromatic rings. The summed E-state index contributed by atoms with van der Waals surface area (Å²) >= 11 is 0. The molecule has 2 unspecified atom stereocenters. The molecule has 0 bridgehead atoms. The molecule has 0 spiro atoms. The van der Waals surface area contributed by atoms with E-state index in [-0.39, 0.29) is 219 Å². The van der Waals surface area contributed by atoms with Gasteiger partial charge in [-0.2, -0.15) is 0 Å². The molecule has 264 valence electrons. The summed E-state index contributed by atoms with van der Waals surface area (Å²) in [5.74, 6) is -0.680. The number of hydrogen-bond donors (Lipinski definition) is 5. The Bertz CT molecular complexity index is 2470. The van der Waals surface area contributed by atoms with E-state index < -0.39 is 6.10 Å². The first kappa shape index (κ1) is 46.9. The molecular formula is C33H30K3N9O9. The van der Waals surface area contributed by atoms with Gasteiger partial charge in [-0.3, -0.25) is 23.7 Å². The van der Waals surface area contributed by atoms with Crippen LogP contribution in [0.1, 0.15) is 51.6 Å². The Kier molecular flexibility index (Phi) is 17.2. The zero-order valence-corrected chi connectivity index (χ0v) is 39.0. The van der Waals surface area contributed by atoms with Crippen LogP contribution in [0.5, 0.6) is 0 Å². The van der Waals surface area contributed by atoms with Crippen LogP contribution in [0.15, 0.2) is 79.3 Å². The Balaban J connectivity index is 0.000000210. The van der Waals surface area contributed by atoms with Gasteiger partial charge < -0.3 is 50.8 Å². The number of aromatic amines is 1. The van der Waals surface area contributed by atoms with Gasteiger partial charge in [0.1, 0.15) is 11.4 Å². The van der Waals surface area contributed by atoms with E-state index in [1.54, 1.807) is 59.2 Å². The van der Waals surface area contributed by atoms with Crippen molar-refractivity contribution in [2.24, 2.45) is 16.0 Å². The number of H-pyrrole nitrogens is 1. The van der Waals surface area contributed by atoms with Crippen molar-refractivity contribution in [1.29, 1.82) is 0 Å². The number of nitrogens with two attached hydrogens (primary N) is 1. The summed E-state index contributed by atoms with van der Waals surface area (Å²) in [4.78, 5) is 69.6. The minimum atomic E-state index is -0.721. The van der Waals surface area contributed by atoms with E-state index in [1.165, 1.54) is 9.13 Å². The van der Waals surface area contributed by atoms with Gasteiger partial charge in [-0.15, -0.1) is 0 Å². The van der Waals surface area contributed by atoms with Gasteiger partial charge in [0.15, 0.2) is 11.4 Å². The molecule has 3 aromatic heterocycles. The van der Waals surface area contributed by atoms with Crippen LogP contribution in [0, 0.1) is 0 Å². The van der Waals surface area contributed by atoms with Crippen LogP contribution in [0.25, 0.3) is 33.1 Å². The molecule has 3 aliphatic rings. The number of aryl methyl sites for hydroxylation is 3. The number of rotatable bonds is 0. The molecule has 6 heterocycles. The molecule has 18 nitrogen and oxygen atoms in total. The number of imidazole rings is 3. The summed E-state index contributed by atoms with van der Waals surface area (Å²) in [5.41, 5.74) is 10.2. The summed E-state index contributed by atoms with van der Waals surface area (Å²) in [7, 11) is 0. The van der Waals surface area contributed by atoms with Crippen LogP contribution in [-0.2, 0) is 19.6 Å². The Morgan fingerprint density at radius 2 is 1.19 bits per heavy atom. The first-order chi connectivity index (χ1) is 24.1. The van der Waals surface area contributed by atoms with Crippen molar-refractivity contribution in [2.45, 2.75) is 51.0 Å². The second kappa shape index (κ2) is 19.8. The van der Waals surface area contributed by atoms with Crippen molar-refractivity contribution in [2.75, 3.05) is 0 Å². The van der Waals surface area contributed by atoms with Gasteiger partial charge in [0.05, 0.1) is 17.1 Å². The summed E-state index contributed by atoms with van der Waals surface area (Å²) in [6.45, 7) is 1.16. The molecule has 9 rings (SSSR count). The average Bonchev–Trinajstić information content (AvgIpc) is 3.63. The molecule has 21 heteroatoms. The molecule has 2 atom stereocenters. The van der Waals surface area contributed by atoms with Gasteiger partial charge in [0.2, 0.25) is 11.6 Å². The average molecular weight is 814 g/mol. The van der Waals surface area contributed by atoms with Crippen LogP contribution >= 0.6 is 0 Å². The third-order valence-corrected chi connectivity index (χ3v) is 9.10. The number of ketones is 2. The number of aromatic nitrogens is 6. The van der Waals surface area contributed by atoms with Crippen molar-refractivity contribution in [3.05, 3.63) is 103 Å². The maximum absolute atomic E-state index is 12.0. The molecule has 0 amide bonds. The van der Waals surface area contributed by atoms with E-state index in [4.69, 9.17) is 16.1 Å². The van der Waals surface area contributed by atoms with Crippen LogP contribution in [-0.4, -0.2) is 68.7 Å². The standard InChI is InChI=1S/2C11H9N3O3.C11H13N3O2.3K.H2O/c2*15-10-6-2-1-3-7-9(6)14(11(16)12-7)5-4-8(10)13-17;12-7-4-5-14-9-6(10(7)15)2-1-3-8(9)13-11(14)16;;;;/h1-3H,4-5H2,(H2,12,15,16,17);1-3,17H,4-5H2,(H,12,16);1-3,7,10,15H,4-5,12H2,(H,13,16);;;;1H2/q;;;3*+1;/p-3/b;13-8-;;;;;. The zero-order valence-electron chi connectivity index (χ0n) is 29.6. The predicted octanol–water partition coefficient (Wildman–Crippen LogP) is -8.32. The molecule has 0 radical (unpaired) electrons. The number of Topliss-reactive ketones (excluding diaryl/α,β-unsaturated/α-hetero) is 2. The third-order valence-electron chi connectivity index (χ3n) is 9.10. The van der Waals surface area contributed by atoms with E-state index >= 15 is 0 Å². The monoisotopic (exact) mass is 813 g/mol. The van der Waals surface area contributed by atoms with E-state index in [0.29, 0.717) is 70.3 Å². The fourth-order valence-corrected chi connectivity index (χ4v) is 6.64. The van der Waals surface area contributed by atoms with Crippen molar-refractivity contribution in [3.63, 3.8) is 0 Å². The predicted molar refractivity (Wildman–Crippen MR) is 181 cm³/mol. The van der Waals surface area contributed by atoms with Gasteiger partial charge in [0, 0.05) is 30.1 Å². The fraction of sp³-hybridized carbons (Fsp3) is 0.242. The van der Waals surface area contributed by atoms with Crippen LogP contribution in [0.3, 0.4) is 0 Å². The van der Waals surface area contributed by atoms with Gasteiger partial charge in [-0.1, -0.05) is 52.8 Å². The van der Waals surface area contributed by atoms with Crippen molar-refractivity contribution in [1.82, 2.24) is 28.7 Å². The molecule has 0 aliphatic carbocycles. The number of oxime groups is 2. The Labute approximate surface area is 431 Å². The van der Waals surface area contributed by atoms with Crippen molar-refractivity contribution >= 4 is 56.1 Å². The van der Waals surface area contributed by atoms with Crippen LogP contribution < -0.4 is 187 Å². The maximum Gasteiger partial charge on any atom is 1.00 e. The SMILES string of the molecule is NC1CCn2c(=O)[n-]c3cccc(c32)C1O.O=C1/C(=N\O)CCn2c(=O)[n-]c3cccc1c32.O=C1/C(=N\O)CCn2c(=O)[nH]c3cccc1c32.[K+].[K+].[K+].[OH-]. The van der Waals surface area contributed by atoms with Gasteiger partial charge in [-0.25, -0.2) is 4.79 Å². The van der Waals surface area contributed by atoms with Gasteiger partial charge in [0.25, 0.3) is 0 Å². The molecular weight excluding hydrogens is 784 g/mol. The Hall–Kier alpha value is -1.46. The number of carbonyl (C=O) groups is 2. The van der Waals surface area contributed by atoms with Crippen LogP contribution in [0.4, 0.5) is 0 Å².